The van der Waals surface area contributed by atoms with Crippen molar-refractivity contribution in [3.8, 4) is 5.75 Å². The molecule has 2 rings (SSSR count). The smallest absolute Gasteiger partial charge is 0.129 e. The Kier molecular flexibility index (Phi) is 4.40. The molecule has 2 N–H and O–H groups in total. The quantitative estimate of drug-likeness (QED) is 0.862. The lowest BCUT2D eigenvalue weighted by Crippen LogP contribution is -2.21. The molecule has 0 radical (unpaired) electrons. The SMILES string of the molecule is NC(=S)c1cc(Br)ccc1OC1CCCCC1. The summed E-state index contributed by atoms with van der Waals surface area (Å²) in [7, 11) is 0. The molecule has 2 nitrogen and oxygen atoms in total. The predicted molar refractivity (Wildman–Crippen MR) is 77.5 cm³/mol. The lowest BCUT2D eigenvalue weighted by Gasteiger charge is -2.24. The third-order valence-electron chi connectivity index (χ3n) is 3.05. The van der Waals surface area contributed by atoms with Crippen molar-refractivity contribution >= 4 is 33.1 Å². The normalized spacial score (nSPS) is 16.8. The van der Waals surface area contributed by atoms with Gasteiger partial charge in [-0.05, 0) is 43.9 Å². The summed E-state index contributed by atoms with van der Waals surface area (Å²) in [5, 5.41) is 0. The van der Waals surface area contributed by atoms with Gasteiger partial charge in [-0.1, -0.05) is 34.6 Å². The van der Waals surface area contributed by atoms with Crippen LogP contribution >= 0.6 is 28.1 Å². The Balaban J connectivity index is 2.16. The van der Waals surface area contributed by atoms with Crippen molar-refractivity contribution in [3.05, 3.63) is 28.2 Å². The summed E-state index contributed by atoms with van der Waals surface area (Å²) in [5.41, 5.74) is 6.54. The number of hydrogen-bond donors (Lipinski definition) is 1. The van der Waals surface area contributed by atoms with Gasteiger partial charge < -0.3 is 10.5 Å². The number of hydrogen-bond acceptors (Lipinski definition) is 2. The number of halogens is 1. The molecule has 0 bridgehead atoms. The molecule has 0 aliphatic heterocycles. The second kappa shape index (κ2) is 5.83. The van der Waals surface area contributed by atoms with Gasteiger partial charge in [-0.15, -0.1) is 0 Å². The third-order valence-corrected chi connectivity index (χ3v) is 3.77. The van der Waals surface area contributed by atoms with Crippen LogP contribution in [-0.2, 0) is 0 Å². The Hall–Kier alpha value is -0.610. The first-order chi connectivity index (χ1) is 8.16. The van der Waals surface area contributed by atoms with Gasteiger partial charge in [-0.3, -0.25) is 0 Å². The molecule has 1 aromatic rings. The van der Waals surface area contributed by atoms with E-state index in [-0.39, 0.29) is 0 Å². The maximum atomic E-state index is 6.01. The second-order valence-electron chi connectivity index (χ2n) is 4.38. The van der Waals surface area contributed by atoms with E-state index in [9.17, 15) is 0 Å². The van der Waals surface area contributed by atoms with Crippen LogP contribution in [0.5, 0.6) is 5.75 Å². The first-order valence-corrected chi connectivity index (χ1v) is 7.13. The monoisotopic (exact) mass is 313 g/mol. The zero-order chi connectivity index (χ0) is 12.3. The van der Waals surface area contributed by atoms with Crippen molar-refractivity contribution < 1.29 is 4.74 Å². The molecule has 0 spiro atoms. The van der Waals surface area contributed by atoms with Crippen LogP contribution in [0.2, 0.25) is 0 Å². The number of thiocarbonyl (C=S) groups is 1. The van der Waals surface area contributed by atoms with Crippen LogP contribution in [-0.4, -0.2) is 11.1 Å². The minimum absolute atomic E-state index is 0.318. The van der Waals surface area contributed by atoms with Crippen LogP contribution in [0.1, 0.15) is 37.7 Å². The Morgan fingerprint density at radius 1 is 1.29 bits per heavy atom. The highest BCUT2D eigenvalue weighted by Gasteiger charge is 2.17. The van der Waals surface area contributed by atoms with Crippen molar-refractivity contribution in [3.63, 3.8) is 0 Å². The van der Waals surface area contributed by atoms with Crippen LogP contribution in [0.25, 0.3) is 0 Å². The molecule has 1 aliphatic carbocycles. The fraction of sp³-hybridized carbons (Fsp3) is 0.462. The fourth-order valence-corrected chi connectivity index (χ4v) is 2.68. The average molecular weight is 314 g/mol. The molecular formula is C13H16BrNOS. The highest BCUT2D eigenvalue weighted by molar-refractivity contribution is 9.10. The van der Waals surface area contributed by atoms with Crippen molar-refractivity contribution in [1.29, 1.82) is 0 Å². The highest BCUT2D eigenvalue weighted by atomic mass is 79.9. The van der Waals surface area contributed by atoms with Crippen LogP contribution in [0, 0.1) is 0 Å². The highest BCUT2D eigenvalue weighted by Crippen LogP contribution is 2.28. The predicted octanol–water partition coefficient (Wildman–Crippen LogP) is 3.79. The number of nitrogens with two attached hydrogens (primary N) is 1. The van der Waals surface area contributed by atoms with Crippen molar-refractivity contribution in [2.45, 2.75) is 38.2 Å². The number of benzene rings is 1. The van der Waals surface area contributed by atoms with Gasteiger partial charge in [-0.2, -0.15) is 0 Å². The van der Waals surface area contributed by atoms with Gasteiger partial charge in [-0.25, -0.2) is 0 Å². The minimum Gasteiger partial charge on any atom is -0.490 e. The molecule has 0 saturated heterocycles. The van der Waals surface area contributed by atoms with Crippen LogP contribution < -0.4 is 10.5 Å². The Bertz CT molecular complexity index is 416. The topological polar surface area (TPSA) is 35.2 Å². The Morgan fingerprint density at radius 2 is 2.00 bits per heavy atom. The summed E-state index contributed by atoms with van der Waals surface area (Å²) in [6.45, 7) is 0. The molecule has 1 fully saturated rings. The number of ether oxygens (including phenoxy) is 1. The molecule has 4 heteroatoms. The van der Waals surface area contributed by atoms with Gasteiger partial charge in [0.1, 0.15) is 10.7 Å². The summed E-state index contributed by atoms with van der Waals surface area (Å²) in [6.07, 6.45) is 6.41. The minimum atomic E-state index is 0.318. The van der Waals surface area contributed by atoms with E-state index in [1.165, 1.54) is 19.3 Å². The van der Waals surface area contributed by atoms with E-state index >= 15 is 0 Å². The van der Waals surface area contributed by atoms with Gasteiger partial charge in [0.25, 0.3) is 0 Å². The summed E-state index contributed by atoms with van der Waals surface area (Å²) in [5.74, 6) is 0.813. The van der Waals surface area contributed by atoms with E-state index in [1.807, 2.05) is 18.2 Å². The molecular weight excluding hydrogens is 298 g/mol. The Morgan fingerprint density at radius 3 is 2.65 bits per heavy atom. The third kappa shape index (κ3) is 3.42. The molecule has 17 heavy (non-hydrogen) atoms. The summed E-state index contributed by atoms with van der Waals surface area (Å²) in [4.78, 5) is 0.386. The molecule has 92 valence electrons. The zero-order valence-electron chi connectivity index (χ0n) is 9.62. The molecule has 0 amide bonds. The largest absolute Gasteiger partial charge is 0.490 e. The fourth-order valence-electron chi connectivity index (χ4n) is 2.16. The van der Waals surface area contributed by atoms with Crippen LogP contribution in [0.15, 0.2) is 22.7 Å². The first kappa shape index (κ1) is 12.8. The number of rotatable bonds is 3. The van der Waals surface area contributed by atoms with Gasteiger partial charge in [0.15, 0.2) is 0 Å². The molecule has 0 heterocycles. The van der Waals surface area contributed by atoms with Gasteiger partial charge in [0.05, 0.1) is 11.7 Å². The zero-order valence-corrected chi connectivity index (χ0v) is 12.0. The maximum absolute atomic E-state index is 6.01. The van der Waals surface area contributed by atoms with Gasteiger partial charge in [0, 0.05) is 4.47 Å². The van der Waals surface area contributed by atoms with E-state index in [4.69, 9.17) is 22.7 Å². The molecule has 1 aliphatic rings. The summed E-state index contributed by atoms with van der Waals surface area (Å²) < 4.78 is 6.98. The van der Waals surface area contributed by atoms with Crippen molar-refractivity contribution in [2.24, 2.45) is 5.73 Å². The second-order valence-corrected chi connectivity index (χ2v) is 5.74. The first-order valence-electron chi connectivity index (χ1n) is 5.93. The van der Waals surface area contributed by atoms with Crippen LogP contribution in [0.4, 0.5) is 0 Å². The Labute approximate surface area is 116 Å². The van der Waals surface area contributed by atoms with E-state index < -0.39 is 0 Å². The molecule has 0 atom stereocenters. The molecule has 1 aromatic carbocycles. The van der Waals surface area contributed by atoms with Gasteiger partial charge >= 0.3 is 0 Å². The van der Waals surface area contributed by atoms with Crippen molar-refractivity contribution in [2.75, 3.05) is 0 Å². The molecule has 1 saturated carbocycles. The maximum Gasteiger partial charge on any atom is 0.129 e. The standard InChI is InChI=1S/C13H16BrNOS/c14-9-6-7-12(11(8-9)13(15)17)16-10-4-2-1-3-5-10/h6-8,10H,1-5H2,(H2,15,17). The van der Waals surface area contributed by atoms with Gasteiger partial charge in [0.2, 0.25) is 0 Å². The average Bonchev–Trinajstić information content (AvgIpc) is 2.32. The molecule has 0 aromatic heterocycles. The lowest BCUT2D eigenvalue weighted by atomic mass is 9.97. The molecule has 0 unspecified atom stereocenters. The van der Waals surface area contributed by atoms with Crippen LogP contribution in [0.3, 0.4) is 0 Å². The van der Waals surface area contributed by atoms with E-state index in [0.29, 0.717) is 11.1 Å². The van der Waals surface area contributed by atoms with E-state index in [2.05, 4.69) is 15.9 Å². The van der Waals surface area contributed by atoms with E-state index in [0.717, 1.165) is 28.6 Å². The summed E-state index contributed by atoms with van der Waals surface area (Å²) >= 11 is 8.47. The summed E-state index contributed by atoms with van der Waals surface area (Å²) in [6, 6.07) is 5.81. The van der Waals surface area contributed by atoms with E-state index in [1.54, 1.807) is 0 Å². The van der Waals surface area contributed by atoms with Crippen molar-refractivity contribution in [1.82, 2.24) is 0 Å². The lowest BCUT2D eigenvalue weighted by molar-refractivity contribution is 0.154.